The topological polar surface area (TPSA) is 99.8 Å². The molecule has 31 heavy (non-hydrogen) atoms. The van der Waals surface area contributed by atoms with E-state index in [0.29, 0.717) is 11.1 Å². The molecule has 2 aromatic carbocycles. The van der Waals surface area contributed by atoms with Gasteiger partial charge in [-0.15, -0.1) is 12.4 Å². The number of hydrazine groups is 1. The lowest BCUT2D eigenvalue weighted by molar-refractivity contribution is -0.144. The number of amides is 2. The molecule has 0 atom stereocenters. The number of ether oxygens (including phenoxy) is 1. The van der Waals surface area contributed by atoms with E-state index in [4.69, 9.17) is 4.74 Å². The summed E-state index contributed by atoms with van der Waals surface area (Å²) < 4.78 is 5.19. The largest absolute Gasteiger partial charge is 0.461 e. The number of hydrogen-bond acceptors (Lipinski definition) is 6. The van der Waals surface area contributed by atoms with Gasteiger partial charge in [0.25, 0.3) is 11.8 Å². The zero-order valence-corrected chi connectivity index (χ0v) is 18.0. The maximum Gasteiger partial charge on any atom is 0.307 e. The summed E-state index contributed by atoms with van der Waals surface area (Å²) in [6, 6.07) is 15.9. The van der Waals surface area contributed by atoms with Gasteiger partial charge in [-0.1, -0.05) is 36.4 Å². The Hall–Kier alpha value is -2.94. The molecular weight excluding hydrogens is 420 g/mol. The fraction of sp³-hybridized carbons (Fsp3) is 0.318. The molecule has 0 bridgehead atoms. The van der Waals surface area contributed by atoms with Gasteiger partial charge >= 0.3 is 5.97 Å². The highest BCUT2D eigenvalue weighted by atomic mass is 35.5. The van der Waals surface area contributed by atoms with Gasteiger partial charge < -0.3 is 15.4 Å². The Kier molecular flexibility index (Phi) is 9.96. The van der Waals surface area contributed by atoms with Gasteiger partial charge in [-0.25, -0.2) is 5.01 Å². The van der Waals surface area contributed by atoms with Crippen LogP contribution in [0.15, 0.2) is 54.6 Å². The van der Waals surface area contributed by atoms with Gasteiger partial charge in [0.1, 0.15) is 6.61 Å². The molecule has 1 aliphatic rings. The Morgan fingerprint density at radius 1 is 0.935 bits per heavy atom. The number of esters is 1. The molecular formula is C22H27ClN4O4. The molecule has 2 amide bonds. The quantitative estimate of drug-likeness (QED) is 0.532. The molecule has 3 rings (SSSR count). The number of carbonyl (C=O) groups is 3. The molecule has 0 aliphatic carbocycles. The lowest BCUT2D eigenvalue weighted by Gasteiger charge is -2.27. The molecule has 0 unspecified atom stereocenters. The highest BCUT2D eigenvalue weighted by Gasteiger charge is 2.15. The van der Waals surface area contributed by atoms with Crippen LogP contribution in [0.3, 0.4) is 0 Å². The van der Waals surface area contributed by atoms with E-state index >= 15 is 0 Å². The summed E-state index contributed by atoms with van der Waals surface area (Å²) in [6.07, 6.45) is 0.0712. The summed E-state index contributed by atoms with van der Waals surface area (Å²) >= 11 is 0. The zero-order chi connectivity index (χ0) is 21.2. The molecule has 0 spiro atoms. The van der Waals surface area contributed by atoms with Gasteiger partial charge in [0.2, 0.25) is 0 Å². The molecule has 1 saturated heterocycles. The van der Waals surface area contributed by atoms with Gasteiger partial charge in [0.15, 0.2) is 0 Å². The van der Waals surface area contributed by atoms with E-state index in [-0.39, 0.29) is 49.8 Å². The Morgan fingerprint density at radius 3 is 2.32 bits per heavy atom. The summed E-state index contributed by atoms with van der Waals surface area (Å²) in [5.74, 6) is -0.984. The van der Waals surface area contributed by atoms with Crippen molar-refractivity contribution in [3.05, 3.63) is 71.3 Å². The van der Waals surface area contributed by atoms with E-state index in [1.54, 1.807) is 24.3 Å². The lowest BCUT2D eigenvalue weighted by atomic mass is 10.1. The van der Waals surface area contributed by atoms with Gasteiger partial charge in [-0.3, -0.25) is 19.8 Å². The van der Waals surface area contributed by atoms with Crippen LogP contribution in [0, 0.1) is 0 Å². The van der Waals surface area contributed by atoms with Crippen LogP contribution >= 0.6 is 12.4 Å². The Bertz CT molecular complexity index is 873. The molecule has 0 saturated carbocycles. The van der Waals surface area contributed by atoms with Crippen molar-refractivity contribution in [2.45, 2.75) is 13.0 Å². The van der Waals surface area contributed by atoms with E-state index in [2.05, 4.69) is 16.1 Å². The third-order valence-corrected chi connectivity index (χ3v) is 4.62. The molecule has 1 heterocycles. The Balaban J connectivity index is 0.00000341. The minimum absolute atomic E-state index is 0. The van der Waals surface area contributed by atoms with Crippen LogP contribution in [0.4, 0.5) is 0 Å². The second kappa shape index (κ2) is 12.7. The summed E-state index contributed by atoms with van der Waals surface area (Å²) in [5, 5.41) is 7.76. The van der Waals surface area contributed by atoms with Crippen LogP contribution in [-0.4, -0.2) is 55.5 Å². The van der Waals surface area contributed by atoms with Crippen LogP contribution in [0.5, 0.6) is 0 Å². The third-order valence-electron chi connectivity index (χ3n) is 4.62. The predicted octanol–water partition coefficient (Wildman–Crippen LogP) is 1.52. The van der Waals surface area contributed by atoms with Crippen LogP contribution in [0.1, 0.15) is 32.7 Å². The first kappa shape index (κ1) is 24.3. The Labute approximate surface area is 187 Å². The van der Waals surface area contributed by atoms with Gasteiger partial charge in [-0.2, -0.15) is 0 Å². The smallest absolute Gasteiger partial charge is 0.307 e. The van der Waals surface area contributed by atoms with Crippen molar-refractivity contribution in [1.82, 2.24) is 21.1 Å². The first-order chi connectivity index (χ1) is 14.6. The third kappa shape index (κ3) is 8.01. The highest BCUT2D eigenvalue weighted by molar-refractivity contribution is 5.99. The number of hydrogen-bond donors (Lipinski definition) is 3. The first-order valence-electron chi connectivity index (χ1n) is 9.96. The van der Waals surface area contributed by atoms with Gasteiger partial charge in [-0.05, 0) is 23.8 Å². The number of benzene rings is 2. The van der Waals surface area contributed by atoms with Crippen molar-refractivity contribution in [1.29, 1.82) is 0 Å². The number of nitrogens with one attached hydrogen (secondary N) is 3. The number of halogens is 1. The van der Waals surface area contributed by atoms with Crippen LogP contribution < -0.4 is 16.1 Å². The minimum Gasteiger partial charge on any atom is -0.461 e. The molecule has 8 nitrogen and oxygen atoms in total. The van der Waals surface area contributed by atoms with Crippen molar-refractivity contribution in [3.63, 3.8) is 0 Å². The summed E-state index contributed by atoms with van der Waals surface area (Å²) in [6.45, 7) is 3.45. The number of carbonyl (C=O) groups excluding carboxylic acids is 3. The van der Waals surface area contributed by atoms with Crippen molar-refractivity contribution in [2.75, 3.05) is 32.7 Å². The fourth-order valence-electron chi connectivity index (χ4n) is 2.98. The van der Waals surface area contributed by atoms with Crippen LogP contribution in [-0.2, 0) is 16.1 Å². The molecule has 166 valence electrons. The molecule has 0 radical (unpaired) electrons. The van der Waals surface area contributed by atoms with E-state index in [1.807, 2.05) is 35.3 Å². The average Bonchev–Trinajstić information content (AvgIpc) is 2.79. The first-order valence-corrected chi connectivity index (χ1v) is 9.96. The number of rotatable bonds is 8. The van der Waals surface area contributed by atoms with E-state index in [1.165, 1.54) is 0 Å². The summed E-state index contributed by atoms with van der Waals surface area (Å²) in [4.78, 5) is 36.6. The second-order valence-corrected chi connectivity index (χ2v) is 6.91. The molecule has 9 heteroatoms. The van der Waals surface area contributed by atoms with Crippen molar-refractivity contribution in [3.8, 4) is 0 Å². The fourth-order valence-corrected chi connectivity index (χ4v) is 2.98. The zero-order valence-electron chi connectivity index (χ0n) is 17.1. The van der Waals surface area contributed by atoms with Crippen molar-refractivity contribution < 1.29 is 19.1 Å². The monoisotopic (exact) mass is 446 g/mol. The van der Waals surface area contributed by atoms with Crippen LogP contribution in [0.25, 0.3) is 0 Å². The molecule has 0 aromatic heterocycles. The predicted molar refractivity (Wildman–Crippen MR) is 119 cm³/mol. The normalized spacial score (nSPS) is 13.5. The van der Waals surface area contributed by atoms with Crippen LogP contribution in [0.2, 0.25) is 0 Å². The standard InChI is InChI=1S/C22H26N4O4.ClH/c27-20(30-16-17-5-2-1-3-6-17)9-10-24-21(28)18-7-4-8-19(15-18)22(29)25-26-13-11-23-12-14-26;/h1-8,15,23H,9-14,16H2,(H,24,28)(H,25,29);1H. The van der Waals surface area contributed by atoms with E-state index in [0.717, 1.165) is 31.7 Å². The number of piperazine rings is 1. The minimum atomic E-state index is -0.386. The van der Waals surface area contributed by atoms with Crippen molar-refractivity contribution in [2.24, 2.45) is 0 Å². The SMILES string of the molecule is Cl.O=C(CCNC(=O)c1cccc(C(=O)NN2CCNCC2)c1)OCc1ccccc1. The lowest BCUT2D eigenvalue weighted by Crippen LogP contribution is -2.52. The van der Waals surface area contributed by atoms with Crippen molar-refractivity contribution >= 4 is 30.2 Å². The second-order valence-electron chi connectivity index (χ2n) is 6.91. The maximum atomic E-state index is 12.4. The molecule has 1 aliphatic heterocycles. The average molecular weight is 447 g/mol. The maximum absolute atomic E-state index is 12.4. The summed E-state index contributed by atoms with van der Waals surface area (Å²) in [7, 11) is 0. The molecule has 2 aromatic rings. The van der Waals surface area contributed by atoms with Gasteiger partial charge in [0.05, 0.1) is 6.42 Å². The van der Waals surface area contributed by atoms with E-state index in [9.17, 15) is 14.4 Å². The van der Waals surface area contributed by atoms with E-state index < -0.39 is 0 Å². The summed E-state index contributed by atoms with van der Waals surface area (Å²) in [5.41, 5.74) is 4.52. The Morgan fingerprint density at radius 2 is 1.61 bits per heavy atom. The number of nitrogens with zero attached hydrogens (tertiary/aromatic N) is 1. The molecule has 1 fully saturated rings. The van der Waals surface area contributed by atoms with Gasteiger partial charge in [0, 0.05) is 43.9 Å². The highest BCUT2D eigenvalue weighted by Crippen LogP contribution is 2.06. The molecule has 3 N–H and O–H groups in total.